The van der Waals surface area contributed by atoms with Crippen LogP contribution >= 0.6 is 34.8 Å². The maximum Gasteiger partial charge on any atom is 0.352 e. The van der Waals surface area contributed by atoms with Gasteiger partial charge in [0.05, 0.1) is 22.3 Å². The Hall–Kier alpha value is -2.62. The summed E-state index contributed by atoms with van der Waals surface area (Å²) in [6.07, 6.45) is 1.52. The molecule has 0 saturated heterocycles. The van der Waals surface area contributed by atoms with Crippen molar-refractivity contribution in [2.45, 2.75) is 6.54 Å². The minimum atomic E-state index is -2.44. The van der Waals surface area contributed by atoms with Crippen molar-refractivity contribution in [2.75, 3.05) is 4.31 Å². The number of carbonyl (C=O) groups is 1. The van der Waals surface area contributed by atoms with E-state index in [-0.39, 0.29) is 17.4 Å². The SMILES string of the molecule is O=C(O)c1cc2c(-c3cccnc3Cl)c(N(Cc3ccc(Cl)c(Cl)c3)S(=O)O)ccc2[nH]1. The van der Waals surface area contributed by atoms with Gasteiger partial charge in [-0.3, -0.25) is 8.86 Å². The predicted molar refractivity (Wildman–Crippen MR) is 127 cm³/mol. The topological polar surface area (TPSA) is 107 Å². The van der Waals surface area contributed by atoms with Crippen LogP contribution in [-0.4, -0.2) is 29.8 Å². The van der Waals surface area contributed by atoms with Gasteiger partial charge in [0.15, 0.2) is 0 Å². The predicted octanol–water partition coefficient (Wildman–Crippen LogP) is 6.03. The molecule has 0 aliphatic heterocycles. The van der Waals surface area contributed by atoms with Gasteiger partial charge in [-0.15, -0.1) is 0 Å². The van der Waals surface area contributed by atoms with E-state index < -0.39 is 17.2 Å². The number of anilines is 1. The highest BCUT2D eigenvalue weighted by molar-refractivity contribution is 7.80. The first-order valence-electron chi connectivity index (χ1n) is 9.08. The van der Waals surface area contributed by atoms with Crippen molar-refractivity contribution in [1.29, 1.82) is 0 Å². The number of rotatable bonds is 6. The summed E-state index contributed by atoms with van der Waals surface area (Å²) in [5.74, 6) is -1.13. The van der Waals surface area contributed by atoms with Crippen molar-refractivity contribution in [1.82, 2.24) is 9.97 Å². The van der Waals surface area contributed by atoms with Gasteiger partial charge in [-0.1, -0.05) is 40.9 Å². The second-order valence-electron chi connectivity index (χ2n) is 6.77. The summed E-state index contributed by atoms with van der Waals surface area (Å²) in [5, 5.41) is 10.8. The molecule has 164 valence electrons. The van der Waals surface area contributed by atoms with Crippen LogP contribution < -0.4 is 4.31 Å². The van der Waals surface area contributed by atoms with E-state index in [1.807, 2.05) is 0 Å². The largest absolute Gasteiger partial charge is 0.477 e. The third kappa shape index (κ3) is 4.32. The lowest BCUT2D eigenvalue weighted by atomic mass is 10.0. The molecule has 1 atom stereocenters. The Kier molecular flexibility index (Phi) is 6.41. The maximum atomic E-state index is 12.4. The highest BCUT2D eigenvalue weighted by Crippen LogP contribution is 2.41. The molecule has 11 heteroatoms. The van der Waals surface area contributed by atoms with Crippen molar-refractivity contribution in [3.63, 3.8) is 0 Å². The van der Waals surface area contributed by atoms with Crippen LogP contribution in [0.5, 0.6) is 0 Å². The Morgan fingerprint density at radius 3 is 2.53 bits per heavy atom. The fraction of sp³-hybridized carbons (Fsp3) is 0.0476. The van der Waals surface area contributed by atoms with Crippen LogP contribution in [-0.2, 0) is 17.8 Å². The van der Waals surface area contributed by atoms with Gasteiger partial charge in [-0.2, -0.15) is 0 Å². The van der Waals surface area contributed by atoms with Crippen molar-refractivity contribution in [2.24, 2.45) is 0 Å². The molecule has 0 bridgehead atoms. The quantitative estimate of drug-likeness (QED) is 0.217. The number of fused-ring (bicyclic) bond motifs is 1. The van der Waals surface area contributed by atoms with Gasteiger partial charge >= 0.3 is 5.97 Å². The first-order chi connectivity index (χ1) is 15.3. The van der Waals surface area contributed by atoms with E-state index in [1.54, 1.807) is 42.5 Å². The number of aromatic nitrogens is 2. The number of H-pyrrole nitrogens is 1. The number of aromatic amines is 1. The molecular weight excluding hydrogens is 497 g/mol. The highest BCUT2D eigenvalue weighted by atomic mass is 35.5. The molecule has 4 rings (SSSR count). The van der Waals surface area contributed by atoms with Crippen LogP contribution in [0.3, 0.4) is 0 Å². The van der Waals surface area contributed by atoms with Crippen LogP contribution in [0, 0.1) is 0 Å². The molecule has 3 N–H and O–H groups in total. The van der Waals surface area contributed by atoms with Crippen molar-refractivity contribution in [3.8, 4) is 11.1 Å². The number of pyridine rings is 1. The Bertz CT molecular complexity index is 1380. The molecular formula is C21H14Cl3N3O4S. The molecule has 0 fully saturated rings. The monoisotopic (exact) mass is 509 g/mol. The minimum Gasteiger partial charge on any atom is -0.477 e. The molecule has 0 aliphatic rings. The van der Waals surface area contributed by atoms with Gasteiger partial charge in [0, 0.05) is 28.2 Å². The average Bonchev–Trinajstić information content (AvgIpc) is 3.19. The molecule has 2 aromatic carbocycles. The molecule has 1 unspecified atom stereocenters. The van der Waals surface area contributed by atoms with Crippen LogP contribution in [0.15, 0.2) is 54.7 Å². The number of aromatic carboxylic acids is 1. The number of carboxylic acids is 1. The third-order valence-electron chi connectivity index (χ3n) is 4.81. The molecule has 4 aromatic rings. The summed E-state index contributed by atoms with van der Waals surface area (Å²) in [4.78, 5) is 18.5. The molecule has 2 aromatic heterocycles. The molecule has 0 spiro atoms. The summed E-state index contributed by atoms with van der Waals surface area (Å²) >= 11 is 16.0. The molecule has 0 radical (unpaired) electrons. The van der Waals surface area contributed by atoms with Gasteiger partial charge in [0.1, 0.15) is 10.8 Å². The lowest BCUT2D eigenvalue weighted by Crippen LogP contribution is -2.25. The van der Waals surface area contributed by atoms with Crippen molar-refractivity contribution in [3.05, 3.63) is 81.2 Å². The fourth-order valence-electron chi connectivity index (χ4n) is 3.40. The smallest absolute Gasteiger partial charge is 0.352 e. The molecule has 0 aliphatic carbocycles. The van der Waals surface area contributed by atoms with E-state index in [4.69, 9.17) is 34.8 Å². The third-order valence-corrected chi connectivity index (χ3v) is 6.55. The van der Waals surface area contributed by atoms with E-state index in [9.17, 15) is 18.7 Å². The molecule has 2 heterocycles. The van der Waals surface area contributed by atoms with Crippen LogP contribution in [0.1, 0.15) is 16.1 Å². The number of nitrogens with one attached hydrogen (secondary N) is 1. The summed E-state index contributed by atoms with van der Waals surface area (Å²) in [6.45, 7) is 0.0204. The zero-order valence-corrected chi connectivity index (χ0v) is 19.1. The van der Waals surface area contributed by atoms with Gasteiger partial charge in [-0.25, -0.2) is 14.0 Å². The Morgan fingerprint density at radius 1 is 1.09 bits per heavy atom. The first kappa shape index (κ1) is 22.6. The second kappa shape index (κ2) is 9.09. The number of benzene rings is 2. The minimum absolute atomic E-state index is 0.0204. The summed E-state index contributed by atoms with van der Waals surface area (Å²) in [7, 11) is 0. The van der Waals surface area contributed by atoms with Crippen LogP contribution in [0.25, 0.3) is 22.0 Å². The summed E-state index contributed by atoms with van der Waals surface area (Å²) < 4.78 is 23.8. The fourth-order valence-corrected chi connectivity index (χ4v) is 4.51. The Labute approximate surface area is 200 Å². The lowest BCUT2D eigenvalue weighted by molar-refractivity contribution is 0.0691. The lowest BCUT2D eigenvalue weighted by Gasteiger charge is -2.24. The zero-order chi connectivity index (χ0) is 23.0. The van der Waals surface area contributed by atoms with E-state index in [1.165, 1.54) is 16.6 Å². The van der Waals surface area contributed by atoms with Gasteiger partial charge in [-0.05, 0) is 48.0 Å². The van der Waals surface area contributed by atoms with Crippen molar-refractivity contribution >= 4 is 68.6 Å². The first-order valence-corrected chi connectivity index (χ1v) is 11.3. The number of nitrogens with zero attached hydrogens (tertiary/aromatic N) is 2. The maximum absolute atomic E-state index is 12.4. The van der Waals surface area contributed by atoms with Gasteiger partial charge < -0.3 is 10.1 Å². The average molecular weight is 511 g/mol. The van der Waals surface area contributed by atoms with E-state index >= 15 is 0 Å². The summed E-state index contributed by atoms with van der Waals surface area (Å²) in [6, 6.07) is 13.0. The van der Waals surface area contributed by atoms with Crippen molar-refractivity contribution < 1.29 is 18.7 Å². The van der Waals surface area contributed by atoms with Crippen LogP contribution in [0.4, 0.5) is 5.69 Å². The Morgan fingerprint density at radius 2 is 1.88 bits per heavy atom. The second-order valence-corrected chi connectivity index (χ2v) is 8.84. The van der Waals surface area contributed by atoms with Gasteiger partial charge in [0.2, 0.25) is 0 Å². The molecule has 7 nitrogen and oxygen atoms in total. The zero-order valence-electron chi connectivity index (χ0n) is 16.1. The number of halogens is 3. The van der Waals surface area contributed by atoms with E-state index in [0.29, 0.717) is 43.3 Å². The summed E-state index contributed by atoms with van der Waals surface area (Å²) in [5.41, 5.74) is 2.45. The number of hydrogen-bond acceptors (Lipinski definition) is 3. The number of hydrogen-bond donors (Lipinski definition) is 3. The number of carboxylic acid groups (broad SMARTS) is 1. The van der Waals surface area contributed by atoms with E-state index in [0.717, 1.165) is 0 Å². The molecule has 0 saturated carbocycles. The van der Waals surface area contributed by atoms with E-state index in [2.05, 4.69) is 9.97 Å². The highest BCUT2D eigenvalue weighted by Gasteiger charge is 2.23. The molecule has 32 heavy (non-hydrogen) atoms. The van der Waals surface area contributed by atoms with Crippen LogP contribution in [0.2, 0.25) is 15.2 Å². The molecule has 0 amide bonds. The normalized spacial score (nSPS) is 12.1. The Balaban J connectivity index is 1.95. The standard InChI is InChI=1S/C21H14Cl3N3O4S/c22-14-4-3-11(8-15(14)23)10-27(32(30)31)18-6-5-16-13(9-17(26-16)21(28)29)19(18)12-2-1-7-25-20(12)24/h1-9,26H,10H2,(H,28,29)(H,30,31). The van der Waals surface area contributed by atoms with Gasteiger partial charge in [0.25, 0.3) is 11.3 Å².